The molecule has 92 valence electrons. The van der Waals surface area contributed by atoms with Crippen LogP contribution in [-0.4, -0.2) is 18.9 Å². The Morgan fingerprint density at radius 2 is 2.00 bits per heavy atom. The normalized spacial score (nSPS) is 31.3. The van der Waals surface area contributed by atoms with Crippen molar-refractivity contribution in [1.29, 1.82) is 0 Å². The van der Waals surface area contributed by atoms with Crippen molar-refractivity contribution in [2.75, 3.05) is 7.11 Å². The average molecular weight is 226 g/mol. The Hall–Kier alpha value is -0.860. The van der Waals surface area contributed by atoms with Crippen molar-refractivity contribution in [3.05, 3.63) is 0 Å². The SMILES string of the molecule is COC(=O)[C@@]1(C)CCC(=O)C[C@H]1C(C)(C)C. The molecule has 3 nitrogen and oxygen atoms in total. The fourth-order valence-electron chi connectivity index (χ4n) is 2.87. The third-order valence-electron chi connectivity index (χ3n) is 3.82. The molecule has 0 saturated heterocycles. The molecule has 1 fully saturated rings. The van der Waals surface area contributed by atoms with Gasteiger partial charge in [0.1, 0.15) is 5.78 Å². The van der Waals surface area contributed by atoms with Gasteiger partial charge in [-0.1, -0.05) is 20.8 Å². The number of rotatable bonds is 1. The fourth-order valence-corrected chi connectivity index (χ4v) is 2.87. The molecule has 0 bridgehead atoms. The molecule has 1 aliphatic carbocycles. The van der Waals surface area contributed by atoms with Crippen molar-refractivity contribution in [3.63, 3.8) is 0 Å². The van der Waals surface area contributed by atoms with E-state index in [-0.39, 0.29) is 23.1 Å². The highest BCUT2D eigenvalue weighted by atomic mass is 16.5. The molecule has 0 spiro atoms. The van der Waals surface area contributed by atoms with Crippen molar-refractivity contribution in [2.45, 2.75) is 47.0 Å². The molecular weight excluding hydrogens is 204 g/mol. The Morgan fingerprint density at radius 1 is 1.44 bits per heavy atom. The van der Waals surface area contributed by atoms with E-state index >= 15 is 0 Å². The molecule has 0 radical (unpaired) electrons. The van der Waals surface area contributed by atoms with Crippen molar-refractivity contribution in [1.82, 2.24) is 0 Å². The van der Waals surface area contributed by atoms with Gasteiger partial charge in [-0.3, -0.25) is 9.59 Å². The minimum absolute atomic E-state index is 0.0565. The van der Waals surface area contributed by atoms with Crippen molar-refractivity contribution < 1.29 is 14.3 Å². The molecule has 0 unspecified atom stereocenters. The largest absolute Gasteiger partial charge is 0.469 e. The van der Waals surface area contributed by atoms with Crippen molar-refractivity contribution in [2.24, 2.45) is 16.7 Å². The van der Waals surface area contributed by atoms with Crippen LogP contribution in [0.25, 0.3) is 0 Å². The van der Waals surface area contributed by atoms with Crippen molar-refractivity contribution >= 4 is 11.8 Å². The molecule has 3 heteroatoms. The number of ether oxygens (including phenoxy) is 1. The molecule has 2 atom stereocenters. The first-order valence-electron chi connectivity index (χ1n) is 5.82. The zero-order valence-electron chi connectivity index (χ0n) is 10.9. The van der Waals surface area contributed by atoms with Gasteiger partial charge in [0.15, 0.2) is 0 Å². The highest BCUT2D eigenvalue weighted by Gasteiger charge is 2.50. The van der Waals surface area contributed by atoms with Gasteiger partial charge in [-0.15, -0.1) is 0 Å². The summed E-state index contributed by atoms with van der Waals surface area (Å²) in [5.41, 5.74) is -0.570. The number of carbonyl (C=O) groups is 2. The van der Waals surface area contributed by atoms with Crippen LogP contribution in [0.15, 0.2) is 0 Å². The minimum atomic E-state index is -0.513. The first kappa shape index (κ1) is 13.2. The second-order valence-corrected chi connectivity index (χ2v) is 6.07. The van der Waals surface area contributed by atoms with Crippen LogP contribution < -0.4 is 0 Å². The lowest BCUT2D eigenvalue weighted by Gasteiger charge is -2.45. The predicted molar refractivity (Wildman–Crippen MR) is 61.9 cm³/mol. The Morgan fingerprint density at radius 3 is 2.44 bits per heavy atom. The van der Waals surface area contributed by atoms with Crippen LogP contribution in [0.1, 0.15) is 47.0 Å². The molecule has 1 saturated carbocycles. The summed E-state index contributed by atoms with van der Waals surface area (Å²) in [6, 6.07) is 0. The summed E-state index contributed by atoms with van der Waals surface area (Å²) < 4.78 is 4.90. The minimum Gasteiger partial charge on any atom is -0.469 e. The summed E-state index contributed by atoms with van der Waals surface area (Å²) in [5, 5.41) is 0. The van der Waals surface area contributed by atoms with Gasteiger partial charge in [0, 0.05) is 12.8 Å². The van der Waals surface area contributed by atoms with E-state index in [0.717, 1.165) is 0 Å². The van der Waals surface area contributed by atoms with Crippen LogP contribution in [0.3, 0.4) is 0 Å². The van der Waals surface area contributed by atoms with E-state index in [9.17, 15) is 9.59 Å². The molecule has 0 N–H and O–H groups in total. The summed E-state index contributed by atoms with van der Waals surface area (Å²) in [7, 11) is 1.42. The topological polar surface area (TPSA) is 43.4 Å². The molecule has 0 aliphatic heterocycles. The predicted octanol–water partition coefficient (Wildman–Crippen LogP) is 2.58. The first-order valence-corrected chi connectivity index (χ1v) is 5.82. The van der Waals surface area contributed by atoms with Gasteiger partial charge in [-0.2, -0.15) is 0 Å². The van der Waals surface area contributed by atoms with Gasteiger partial charge in [0.2, 0.25) is 0 Å². The van der Waals surface area contributed by atoms with Crippen LogP contribution >= 0.6 is 0 Å². The van der Waals surface area contributed by atoms with Crippen LogP contribution in [0.5, 0.6) is 0 Å². The second-order valence-electron chi connectivity index (χ2n) is 6.07. The standard InChI is InChI=1S/C13H22O3/c1-12(2,3)10-8-9(14)6-7-13(10,4)11(15)16-5/h10H,6-8H2,1-5H3/t10-,13-/m0/s1. The maximum absolute atomic E-state index is 11.9. The lowest BCUT2D eigenvalue weighted by atomic mass is 9.58. The molecule has 0 heterocycles. The third-order valence-corrected chi connectivity index (χ3v) is 3.82. The maximum Gasteiger partial charge on any atom is 0.311 e. The zero-order valence-corrected chi connectivity index (χ0v) is 10.9. The van der Waals surface area contributed by atoms with Crippen molar-refractivity contribution in [3.8, 4) is 0 Å². The number of esters is 1. The first-order chi connectivity index (χ1) is 7.21. The lowest BCUT2D eigenvalue weighted by Crippen LogP contribution is -2.47. The summed E-state index contributed by atoms with van der Waals surface area (Å²) in [4.78, 5) is 23.5. The Kier molecular flexibility index (Phi) is 3.46. The van der Waals surface area contributed by atoms with E-state index in [4.69, 9.17) is 4.74 Å². The van der Waals surface area contributed by atoms with E-state index in [1.165, 1.54) is 7.11 Å². The summed E-state index contributed by atoms with van der Waals surface area (Å²) in [6.07, 6.45) is 1.60. The quantitative estimate of drug-likeness (QED) is 0.645. The number of hydrogen-bond acceptors (Lipinski definition) is 3. The Labute approximate surface area is 97.5 Å². The van der Waals surface area contributed by atoms with E-state index < -0.39 is 5.41 Å². The van der Waals surface area contributed by atoms with Crippen LogP contribution in [0.4, 0.5) is 0 Å². The molecule has 0 aromatic carbocycles. The lowest BCUT2D eigenvalue weighted by molar-refractivity contribution is -0.162. The molecule has 16 heavy (non-hydrogen) atoms. The number of Topliss-reactive ketones (excluding diaryl/α,β-unsaturated/α-hetero) is 1. The van der Waals surface area contributed by atoms with E-state index in [2.05, 4.69) is 20.8 Å². The van der Waals surface area contributed by atoms with Gasteiger partial charge in [0.05, 0.1) is 12.5 Å². The molecule has 0 aromatic rings. The zero-order chi connectivity index (χ0) is 12.6. The average Bonchev–Trinajstić information content (AvgIpc) is 2.19. The molecule has 1 rings (SSSR count). The molecule has 0 aromatic heterocycles. The molecular formula is C13H22O3. The highest BCUT2D eigenvalue weighted by Crippen LogP contribution is 2.49. The van der Waals surface area contributed by atoms with E-state index in [1.54, 1.807) is 0 Å². The Bertz CT molecular complexity index is 301. The Balaban J connectivity index is 3.05. The van der Waals surface area contributed by atoms with Gasteiger partial charge in [-0.25, -0.2) is 0 Å². The third kappa shape index (κ3) is 2.28. The number of carbonyl (C=O) groups excluding carboxylic acids is 2. The second kappa shape index (κ2) is 4.19. The van der Waals surface area contributed by atoms with E-state index in [0.29, 0.717) is 19.3 Å². The number of ketones is 1. The smallest absolute Gasteiger partial charge is 0.311 e. The summed E-state index contributed by atoms with van der Waals surface area (Å²) >= 11 is 0. The van der Waals surface area contributed by atoms with Gasteiger partial charge in [-0.05, 0) is 24.7 Å². The van der Waals surface area contributed by atoms with Crippen LogP contribution in [0, 0.1) is 16.7 Å². The molecule has 1 aliphatic rings. The van der Waals surface area contributed by atoms with E-state index in [1.807, 2.05) is 6.92 Å². The molecule has 0 amide bonds. The fraction of sp³-hybridized carbons (Fsp3) is 0.846. The van der Waals surface area contributed by atoms with Gasteiger partial charge < -0.3 is 4.74 Å². The summed E-state index contributed by atoms with van der Waals surface area (Å²) in [5.74, 6) is 0.148. The monoisotopic (exact) mass is 226 g/mol. The number of methoxy groups -OCH3 is 1. The highest BCUT2D eigenvalue weighted by molar-refractivity contribution is 5.85. The summed E-state index contributed by atoms with van der Waals surface area (Å²) in [6.45, 7) is 8.17. The maximum atomic E-state index is 11.9. The van der Waals surface area contributed by atoms with Gasteiger partial charge in [0.25, 0.3) is 0 Å². The van der Waals surface area contributed by atoms with Crippen LogP contribution in [-0.2, 0) is 14.3 Å². The number of hydrogen-bond donors (Lipinski definition) is 0. The van der Waals surface area contributed by atoms with Crippen LogP contribution in [0.2, 0.25) is 0 Å². The van der Waals surface area contributed by atoms with Gasteiger partial charge >= 0.3 is 5.97 Å².